The van der Waals surface area contributed by atoms with Crippen molar-refractivity contribution >= 4 is 17.0 Å². The first-order chi connectivity index (χ1) is 8.69. The molecule has 0 amide bonds. The van der Waals surface area contributed by atoms with Crippen LogP contribution in [0.4, 0.5) is 10.3 Å². The molecule has 1 saturated carbocycles. The summed E-state index contributed by atoms with van der Waals surface area (Å²) in [6, 6.07) is 3.05. The van der Waals surface area contributed by atoms with E-state index in [9.17, 15) is 4.39 Å². The number of halogens is 1. The van der Waals surface area contributed by atoms with Crippen LogP contribution in [0.3, 0.4) is 0 Å². The maximum absolute atomic E-state index is 13.6. The van der Waals surface area contributed by atoms with E-state index in [4.69, 9.17) is 10.5 Å². The maximum atomic E-state index is 13.6. The predicted octanol–water partition coefficient (Wildman–Crippen LogP) is 2.57. The average Bonchev–Trinajstić information content (AvgIpc) is 2.57. The fourth-order valence-corrected chi connectivity index (χ4v) is 2.43. The van der Waals surface area contributed by atoms with Gasteiger partial charge in [0.1, 0.15) is 0 Å². The van der Waals surface area contributed by atoms with Crippen LogP contribution in [0.1, 0.15) is 19.3 Å². The molecule has 1 fully saturated rings. The number of ether oxygens (including phenoxy) is 1. The molecule has 3 rings (SSSR count). The summed E-state index contributed by atoms with van der Waals surface area (Å²) in [5.74, 6) is 0.945. The van der Waals surface area contributed by atoms with E-state index in [1.807, 2.05) is 4.57 Å². The molecule has 0 radical (unpaired) electrons. The summed E-state index contributed by atoms with van der Waals surface area (Å²) in [6.07, 6.45) is 3.75. The van der Waals surface area contributed by atoms with Gasteiger partial charge in [-0.1, -0.05) is 6.42 Å². The van der Waals surface area contributed by atoms with Gasteiger partial charge in [-0.05, 0) is 18.8 Å². The molecule has 1 aliphatic carbocycles. The predicted molar refractivity (Wildman–Crippen MR) is 68.0 cm³/mol. The van der Waals surface area contributed by atoms with Crippen molar-refractivity contribution in [3.63, 3.8) is 0 Å². The van der Waals surface area contributed by atoms with Gasteiger partial charge in [0.2, 0.25) is 5.95 Å². The largest absolute Gasteiger partial charge is 0.494 e. The van der Waals surface area contributed by atoms with Crippen LogP contribution in [0.5, 0.6) is 5.75 Å². The second kappa shape index (κ2) is 4.15. The van der Waals surface area contributed by atoms with Gasteiger partial charge in [0.25, 0.3) is 0 Å². The third kappa shape index (κ3) is 1.70. The molecule has 0 aliphatic heterocycles. The second-order valence-corrected chi connectivity index (χ2v) is 4.85. The number of fused-ring (bicyclic) bond motifs is 1. The first-order valence-electron chi connectivity index (χ1n) is 6.18. The van der Waals surface area contributed by atoms with Gasteiger partial charge in [0.05, 0.1) is 18.1 Å². The van der Waals surface area contributed by atoms with E-state index < -0.39 is 5.82 Å². The minimum Gasteiger partial charge on any atom is -0.494 e. The number of aromatic nitrogens is 2. The third-order valence-electron chi connectivity index (χ3n) is 3.72. The summed E-state index contributed by atoms with van der Waals surface area (Å²) < 4.78 is 20.6. The number of rotatable bonds is 3. The van der Waals surface area contributed by atoms with Gasteiger partial charge < -0.3 is 15.0 Å². The lowest BCUT2D eigenvalue weighted by molar-refractivity contribution is 0.280. The Morgan fingerprint density at radius 3 is 2.89 bits per heavy atom. The number of hydrogen-bond acceptors (Lipinski definition) is 3. The maximum Gasteiger partial charge on any atom is 0.201 e. The average molecular weight is 249 g/mol. The summed E-state index contributed by atoms with van der Waals surface area (Å²) >= 11 is 0. The van der Waals surface area contributed by atoms with Gasteiger partial charge in [-0.3, -0.25) is 0 Å². The van der Waals surface area contributed by atoms with Crippen LogP contribution in [-0.4, -0.2) is 16.7 Å². The Kier molecular flexibility index (Phi) is 2.61. The van der Waals surface area contributed by atoms with Crippen LogP contribution in [-0.2, 0) is 6.54 Å². The van der Waals surface area contributed by atoms with E-state index in [0.717, 1.165) is 12.1 Å². The molecule has 1 aromatic carbocycles. The lowest BCUT2D eigenvalue weighted by Crippen LogP contribution is -2.19. The quantitative estimate of drug-likeness (QED) is 0.909. The zero-order valence-electron chi connectivity index (χ0n) is 10.3. The molecule has 1 aromatic heterocycles. The summed E-state index contributed by atoms with van der Waals surface area (Å²) in [5, 5.41) is 0. The lowest BCUT2D eigenvalue weighted by atomic mass is 9.85. The molecule has 2 N–H and O–H groups in total. The van der Waals surface area contributed by atoms with Gasteiger partial charge in [-0.2, -0.15) is 0 Å². The van der Waals surface area contributed by atoms with Crippen LogP contribution in [0.25, 0.3) is 11.0 Å². The molecule has 2 aromatic rings. The molecule has 0 unspecified atom stereocenters. The molecule has 0 spiro atoms. The second-order valence-electron chi connectivity index (χ2n) is 4.85. The SMILES string of the molecule is COc1cc2c(cc1F)nc(N)n2CC1CCC1. The highest BCUT2D eigenvalue weighted by atomic mass is 19.1. The molecular formula is C13H16FN3O. The molecule has 0 saturated heterocycles. The number of nitrogens with two attached hydrogens (primary N) is 1. The number of nitrogen functional groups attached to an aromatic ring is 1. The van der Waals surface area contributed by atoms with E-state index in [2.05, 4.69) is 4.98 Å². The monoisotopic (exact) mass is 249 g/mol. The van der Waals surface area contributed by atoms with Crippen molar-refractivity contribution in [1.82, 2.24) is 9.55 Å². The number of anilines is 1. The normalized spacial score (nSPS) is 15.9. The first kappa shape index (κ1) is 11.3. The molecule has 1 heterocycles. The molecule has 5 heteroatoms. The Morgan fingerprint density at radius 2 is 2.28 bits per heavy atom. The fraction of sp³-hybridized carbons (Fsp3) is 0.462. The summed E-state index contributed by atoms with van der Waals surface area (Å²) in [4.78, 5) is 4.21. The molecule has 96 valence electrons. The van der Waals surface area contributed by atoms with Crippen molar-refractivity contribution < 1.29 is 9.13 Å². The van der Waals surface area contributed by atoms with E-state index in [1.54, 1.807) is 6.07 Å². The van der Waals surface area contributed by atoms with Gasteiger partial charge in [-0.25, -0.2) is 9.37 Å². The van der Waals surface area contributed by atoms with Crippen LogP contribution in [0.15, 0.2) is 12.1 Å². The van der Waals surface area contributed by atoms with Crippen molar-refractivity contribution in [2.24, 2.45) is 5.92 Å². The highest BCUT2D eigenvalue weighted by Gasteiger charge is 2.21. The smallest absolute Gasteiger partial charge is 0.201 e. The van der Waals surface area contributed by atoms with Crippen LogP contribution < -0.4 is 10.5 Å². The summed E-state index contributed by atoms with van der Waals surface area (Å²) in [7, 11) is 1.46. The molecule has 18 heavy (non-hydrogen) atoms. The Bertz CT molecular complexity index is 589. The van der Waals surface area contributed by atoms with Crippen LogP contribution >= 0.6 is 0 Å². The Morgan fingerprint density at radius 1 is 1.50 bits per heavy atom. The van der Waals surface area contributed by atoms with Gasteiger partial charge >= 0.3 is 0 Å². The van der Waals surface area contributed by atoms with Crippen LogP contribution in [0.2, 0.25) is 0 Å². The minimum absolute atomic E-state index is 0.234. The molecule has 4 nitrogen and oxygen atoms in total. The Hall–Kier alpha value is -1.78. The highest BCUT2D eigenvalue weighted by Crippen LogP contribution is 2.32. The number of imidazole rings is 1. The summed E-state index contributed by atoms with van der Waals surface area (Å²) in [6.45, 7) is 0.858. The van der Waals surface area contributed by atoms with Crippen molar-refractivity contribution in [1.29, 1.82) is 0 Å². The zero-order valence-corrected chi connectivity index (χ0v) is 10.3. The van der Waals surface area contributed by atoms with Crippen molar-refractivity contribution in [2.75, 3.05) is 12.8 Å². The van der Waals surface area contributed by atoms with Gasteiger partial charge in [0, 0.05) is 18.7 Å². The van der Waals surface area contributed by atoms with Crippen molar-refractivity contribution in [2.45, 2.75) is 25.8 Å². The Balaban J connectivity index is 2.08. The minimum atomic E-state index is -0.404. The molecular weight excluding hydrogens is 233 g/mol. The zero-order chi connectivity index (χ0) is 12.7. The van der Waals surface area contributed by atoms with Crippen molar-refractivity contribution in [3.05, 3.63) is 17.9 Å². The Labute approximate surface area is 105 Å². The fourth-order valence-electron chi connectivity index (χ4n) is 2.43. The third-order valence-corrected chi connectivity index (χ3v) is 3.72. The summed E-state index contributed by atoms with van der Waals surface area (Å²) in [5.41, 5.74) is 7.34. The standard InChI is InChI=1S/C13H16FN3O/c1-18-12-6-11-10(5-9(12)14)16-13(15)17(11)7-8-3-2-4-8/h5-6,8H,2-4,7H2,1H3,(H2,15,16). The highest BCUT2D eigenvalue weighted by molar-refractivity contribution is 5.80. The van der Waals surface area contributed by atoms with E-state index in [1.165, 1.54) is 32.4 Å². The number of methoxy groups -OCH3 is 1. The van der Waals surface area contributed by atoms with Crippen molar-refractivity contribution in [3.8, 4) is 5.75 Å². The first-order valence-corrected chi connectivity index (χ1v) is 6.18. The topological polar surface area (TPSA) is 53.1 Å². The van der Waals surface area contributed by atoms with Gasteiger partial charge in [-0.15, -0.1) is 0 Å². The molecule has 1 aliphatic rings. The van der Waals surface area contributed by atoms with Gasteiger partial charge in [0.15, 0.2) is 11.6 Å². The van der Waals surface area contributed by atoms with E-state index in [-0.39, 0.29) is 5.75 Å². The lowest BCUT2D eigenvalue weighted by Gasteiger charge is -2.26. The molecule has 0 bridgehead atoms. The number of nitrogens with zero attached hydrogens (tertiary/aromatic N) is 2. The number of benzene rings is 1. The van der Waals surface area contributed by atoms with E-state index in [0.29, 0.717) is 17.4 Å². The van der Waals surface area contributed by atoms with Crippen LogP contribution in [0, 0.1) is 11.7 Å². The van der Waals surface area contributed by atoms with E-state index >= 15 is 0 Å². The number of hydrogen-bond donors (Lipinski definition) is 1. The molecule has 0 atom stereocenters.